The van der Waals surface area contributed by atoms with Gasteiger partial charge >= 0.3 is 0 Å². The molecule has 2 nitrogen and oxygen atoms in total. The van der Waals surface area contributed by atoms with Gasteiger partial charge < -0.3 is 9.64 Å². The maximum Gasteiger partial charge on any atom is 0.132 e. The van der Waals surface area contributed by atoms with Gasteiger partial charge in [-0.3, -0.25) is 0 Å². The van der Waals surface area contributed by atoms with Crippen molar-refractivity contribution in [3.8, 4) is 56.0 Å². The normalized spacial score (nSPS) is 12.9. The molecule has 1 heterocycles. The van der Waals surface area contributed by atoms with E-state index in [1.165, 1.54) is 55.3 Å². The molecule has 12 rings (SSSR count). The Morgan fingerprint density at radius 3 is 1.43 bits per heavy atom. The number of hydrogen-bond donors (Lipinski definition) is 0. The molecule has 10 aromatic rings. The fourth-order valence-corrected chi connectivity index (χ4v) is 10.1. The summed E-state index contributed by atoms with van der Waals surface area (Å²) in [5.74, 6) is 1.77. The molecule has 61 heavy (non-hydrogen) atoms. The predicted octanol–water partition coefficient (Wildman–Crippen LogP) is 15.8. The Balaban J connectivity index is 1.17. The summed E-state index contributed by atoms with van der Waals surface area (Å²) in [4.78, 5) is 2.49. The first-order chi connectivity index (χ1) is 30.3. The van der Waals surface area contributed by atoms with E-state index in [1.54, 1.807) is 0 Å². The van der Waals surface area contributed by atoms with E-state index in [4.69, 9.17) is 4.74 Å². The second-order valence-corrected chi connectivity index (χ2v) is 16.0. The Kier molecular flexibility index (Phi) is 8.11. The third kappa shape index (κ3) is 5.50. The van der Waals surface area contributed by atoms with Gasteiger partial charge in [0, 0.05) is 27.9 Å². The maximum absolute atomic E-state index is 6.71. The van der Waals surface area contributed by atoms with E-state index >= 15 is 0 Å². The SMILES string of the molecule is c1ccc(-c2cc(-c3ccccc3)cc(N(c3ccc4c(c3)C3(c5ccccc5Oc5ccccc53)c3ccccc3-4)c3ccc(-c4ccccc4)c4ccccc34)c2)cc1. The summed E-state index contributed by atoms with van der Waals surface area (Å²) in [6.07, 6.45) is 0. The van der Waals surface area contributed by atoms with Crippen molar-refractivity contribution in [3.63, 3.8) is 0 Å². The van der Waals surface area contributed by atoms with Crippen molar-refractivity contribution in [1.29, 1.82) is 0 Å². The van der Waals surface area contributed by atoms with Gasteiger partial charge in [0.25, 0.3) is 0 Å². The summed E-state index contributed by atoms with van der Waals surface area (Å²) in [5.41, 5.74) is 17.0. The molecule has 2 heteroatoms. The van der Waals surface area contributed by atoms with Crippen LogP contribution >= 0.6 is 0 Å². The minimum Gasteiger partial charge on any atom is -0.457 e. The highest BCUT2D eigenvalue weighted by Crippen LogP contribution is 2.62. The maximum atomic E-state index is 6.71. The van der Waals surface area contributed by atoms with Crippen LogP contribution in [0.2, 0.25) is 0 Å². The van der Waals surface area contributed by atoms with Crippen LogP contribution in [0.25, 0.3) is 55.3 Å². The van der Waals surface area contributed by atoms with Gasteiger partial charge in [-0.1, -0.05) is 188 Å². The molecule has 286 valence electrons. The van der Waals surface area contributed by atoms with Crippen molar-refractivity contribution in [1.82, 2.24) is 0 Å². The molecule has 0 unspecified atom stereocenters. The molecule has 10 aromatic carbocycles. The number of ether oxygens (including phenoxy) is 1. The lowest BCUT2D eigenvalue weighted by Gasteiger charge is -2.39. The van der Waals surface area contributed by atoms with E-state index in [-0.39, 0.29) is 0 Å². The van der Waals surface area contributed by atoms with Crippen LogP contribution in [-0.2, 0) is 5.41 Å². The number of fused-ring (bicyclic) bond motifs is 10. The lowest BCUT2D eigenvalue weighted by atomic mass is 9.66. The highest BCUT2D eigenvalue weighted by molar-refractivity contribution is 6.07. The van der Waals surface area contributed by atoms with Gasteiger partial charge in [-0.15, -0.1) is 0 Å². The Hall–Kier alpha value is -7.94. The molecule has 1 aliphatic heterocycles. The summed E-state index contributed by atoms with van der Waals surface area (Å²) in [5, 5.41) is 2.38. The van der Waals surface area contributed by atoms with Gasteiger partial charge in [0.05, 0.1) is 11.1 Å². The third-order valence-electron chi connectivity index (χ3n) is 12.7. The number of nitrogens with zero attached hydrogens (tertiary/aromatic N) is 1. The van der Waals surface area contributed by atoms with E-state index in [0.717, 1.165) is 50.8 Å². The number of rotatable bonds is 6. The number of para-hydroxylation sites is 2. The van der Waals surface area contributed by atoms with Crippen molar-refractivity contribution in [2.75, 3.05) is 4.90 Å². The van der Waals surface area contributed by atoms with Crippen LogP contribution in [0.15, 0.2) is 237 Å². The molecule has 0 saturated heterocycles. The molecule has 0 N–H and O–H groups in total. The second kappa shape index (κ2) is 14.1. The zero-order valence-corrected chi connectivity index (χ0v) is 33.4. The highest BCUT2D eigenvalue weighted by atomic mass is 16.5. The largest absolute Gasteiger partial charge is 0.457 e. The Morgan fingerprint density at radius 2 is 0.787 bits per heavy atom. The first-order valence-electron chi connectivity index (χ1n) is 21.0. The van der Waals surface area contributed by atoms with Gasteiger partial charge in [-0.25, -0.2) is 0 Å². The van der Waals surface area contributed by atoms with E-state index in [1.807, 2.05) is 0 Å². The van der Waals surface area contributed by atoms with Crippen molar-refractivity contribution in [2.45, 2.75) is 5.41 Å². The molecule has 1 aliphatic carbocycles. The van der Waals surface area contributed by atoms with E-state index in [0.29, 0.717) is 0 Å². The molecule has 0 radical (unpaired) electrons. The van der Waals surface area contributed by atoms with Gasteiger partial charge in [0.2, 0.25) is 0 Å². The average Bonchev–Trinajstić information content (AvgIpc) is 3.62. The standard InChI is InChI=1S/C59H39NO/c1-4-18-40(19-5-1)43-36-44(41-20-6-2-7-21-41)38-46(37-43)60(56-35-34-47(42-22-8-3-9-23-42)48-24-10-11-26-51(48)56)45-32-33-50-49-25-12-13-27-52(49)59(55(50)39-45)53-28-14-16-30-57(53)61-58-31-17-15-29-54(58)59/h1-39H. The first kappa shape index (κ1) is 35.0. The molecule has 0 aromatic heterocycles. The van der Waals surface area contributed by atoms with Gasteiger partial charge in [-0.05, 0) is 110 Å². The fraction of sp³-hybridized carbons (Fsp3) is 0.0169. The van der Waals surface area contributed by atoms with Crippen LogP contribution in [0.5, 0.6) is 11.5 Å². The molecule has 1 spiro atoms. The smallest absolute Gasteiger partial charge is 0.132 e. The first-order valence-corrected chi connectivity index (χ1v) is 21.0. The lowest BCUT2D eigenvalue weighted by molar-refractivity contribution is 0.436. The van der Waals surface area contributed by atoms with Gasteiger partial charge in [-0.2, -0.15) is 0 Å². The Labute approximate surface area is 356 Å². The topological polar surface area (TPSA) is 12.5 Å². The van der Waals surface area contributed by atoms with Crippen LogP contribution < -0.4 is 9.64 Å². The van der Waals surface area contributed by atoms with E-state index in [2.05, 4.69) is 241 Å². The number of hydrogen-bond acceptors (Lipinski definition) is 2. The monoisotopic (exact) mass is 777 g/mol. The Morgan fingerprint density at radius 1 is 0.295 bits per heavy atom. The van der Waals surface area contributed by atoms with Crippen molar-refractivity contribution in [3.05, 3.63) is 259 Å². The van der Waals surface area contributed by atoms with Crippen molar-refractivity contribution in [2.24, 2.45) is 0 Å². The van der Waals surface area contributed by atoms with Crippen LogP contribution in [0, 0.1) is 0 Å². The van der Waals surface area contributed by atoms with Crippen LogP contribution in [0.1, 0.15) is 22.3 Å². The van der Waals surface area contributed by atoms with Crippen molar-refractivity contribution >= 4 is 27.8 Å². The zero-order valence-electron chi connectivity index (χ0n) is 33.4. The summed E-state index contributed by atoms with van der Waals surface area (Å²) in [7, 11) is 0. The molecule has 0 amide bonds. The van der Waals surface area contributed by atoms with E-state index in [9.17, 15) is 0 Å². The minimum absolute atomic E-state index is 0.598. The number of benzene rings is 10. The molecule has 0 atom stereocenters. The summed E-state index contributed by atoms with van der Waals surface area (Å²) < 4.78 is 6.71. The summed E-state index contributed by atoms with van der Waals surface area (Å²) >= 11 is 0. The van der Waals surface area contributed by atoms with Crippen LogP contribution in [0.3, 0.4) is 0 Å². The quantitative estimate of drug-likeness (QED) is 0.167. The molecule has 0 bridgehead atoms. The fourth-order valence-electron chi connectivity index (χ4n) is 10.1. The summed E-state index contributed by atoms with van der Waals surface area (Å²) in [6.45, 7) is 0. The third-order valence-corrected chi connectivity index (χ3v) is 12.7. The predicted molar refractivity (Wildman–Crippen MR) is 252 cm³/mol. The Bertz CT molecular complexity index is 3180. The van der Waals surface area contributed by atoms with Crippen LogP contribution in [-0.4, -0.2) is 0 Å². The molecule has 0 fully saturated rings. The summed E-state index contributed by atoms with van der Waals surface area (Å²) in [6, 6.07) is 86.0. The van der Waals surface area contributed by atoms with Crippen LogP contribution in [0.4, 0.5) is 17.1 Å². The van der Waals surface area contributed by atoms with Gasteiger partial charge in [0.1, 0.15) is 11.5 Å². The van der Waals surface area contributed by atoms with Crippen molar-refractivity contribution < 1.29 is 4.74 Å². The van der Waals surface area contributed by atoms with Gasteiger partial charge in [0.15, 0.2) is 0 Å². The highest BCUT2D eigenvalue weighted by Gasteiger charge is 2.51. The number of anilines is 3. The minimum atomic E-state index is -0.598. The lowest BCUT2D eigenvalue weighted by Crippen LogP contribution is -2.32. The molecule has 0 saturated carbocycles. The molecule has 2 aliphatic rings. The molecular weight excluding hydrogens is 739 g/mol. The zero-order chi connectivity index (χ0) is 40.3. The second-order valence-electron chi connectivity index (χ2n) is 16.0. The van der Waals surface area contributed by atoms with E-state index < -0.39 is 5.41 Å². The average molecular weight is 778 g/mol. The molecular formula is C59H39NO.